The number of nitrogens with zero attached hydrogens (tertiary/aromatic N) is 2. The minimum Gasteiger partial charge on any atom is -0.341 e. The summed E-state index contributed by atoms with van der Waals surface area (Å²) in [5.74, 6) is -0.453. The second kappa shape index (κ2) is 6.10. The molecule has 5 heteroatoms. The molecule has 0 radical (unpaired) electrons. The average Bonchev–Trinajstić information content (AvgIpc) is 2.85. The van der Waals surface area contributed by atoms with Gasteiger partial charge < -0.3 is 4.90 Å². The Morgan fingerprint density at radius 3 is 1.91 bits per heavy atom. The molecule has 2 bridgehead atoms. The van der Waals surface area contributed by atoms with E-state index in [2.05, 4.69) is 12.2 Å². The number of rotatable bonds is 5. The fourth-order valence-electron chi connectivity index (χ4n) is 4.62. The monoisotopic (exact) mass is 318 g/mol. The van der Waals surface area contributed by atoms with E-state index in [1.54, 1.807) is 4.90 Å². The highest BCUT2D eigenvalue weighted by Gasteiger charge is 2.58. The molecule has 4 aliphatic rings. The zero-order valence-corrected chi connectivity index (χ0v) is 14.2. The molecule has 5 unspecified atom stereocenters. The molecule has 23 heavy (non-hydrogen) atoms. The Balaban J connectivity index is 1.89. The highest BCUT2D eigenvalue weighted by atomic mass is 16.2. The van der Waals surface area contributed by atoms with Gasteiger partial charge in [0.05, 0.1) is 11.8 Å². The van der Waals surface area contributed by atoms with Crippen LogP contribution in [0.1, 0.15) is 40.0 Å². The minimum absolute atomic E-state index is 0.0989. The first-order valence-corrected chi connectivity index (χ1v) is 8.89. The van der Waals surface area contributed by atoms with Gasteiger partial charge in [-0.2, -0.15) is 0 Å². The quantitative estimate of drug-likeness (QED) is 0.574. The number of allylic oxidation sites excluding steroid dienone is 2. The van der Waals surface area contributed by atoms with E-state index in [0.29, 0.717) is 19.5 Å². The second-order valence-corrected chi connectivity index (χ2v) is 6.82. The van der Waals surface area contributed by atoms with Crippen molar-refractivity contribution in [3.05, 3.63) is 12.2 Å². The van der Waals surface area contributed by atoms with Gasteiger partial charge in [0.2, 0.25) is 17.7 Å². The lowest BCUT2D eigenvalue weighted by Gasteiger charge is -2.38. The summed E-state index contributed by atoms with van der Waals surface area (Å²) in [5.41, 5.74) is 0. The number of carbonyl (C=O) groups is 3. The molecule has 3 amide bonds. The molecule has 5 nitrogen and oxygen atoms in total. The molecule has 126 valence electrons. The highest BCUT2D eigenvalue weighted by Crippen LogP contribution is 2.50. The number of hydrogen-bond acceptors (Lipinski definition) is 3. The summed E-state index contributed by atoms with van der Waals surface area (Å²) < 4.78 is 0. The lowest BCUT2D eigenvalue weighted by Crippen LogP contribution is -2.51. The maximum Gasteiger partial charge on any atom is 0.245 e. The van der Waals surface area contributed by atoms with E-state index in [9.17, 15) is 14.4 Å². The Morgan fingerprint density at radius 2 is 1.57 bits per heavy atom. The van der Waals surface area contributed by atoms with Crippen LogP contribution in [0.3, 0.4) is 0 Å². The predicted octanol–water partition coefficient (Wildman–Crippen LogP) is 1.83. The molecule has 1 saturated carbocycles. The van der Waals surface area contributed by atoms with E-state index in [1.807, 2.05) is 20.8 Å². The van der Waals surface area contributed by atoms with Crippen LogP contribution in [0.15, 0.2) is 12.2 Å². The Labute approximate surface area is 137 Å². The summed E-state index contributed by atoms with van der Waals surface area (Å²) in [4.78, 5) is 41.7. The van der Waals surface area contributed by atoms with Crippen LogP contribution >= 0.6 is 0 Å². The van der Waals surface area contributed by atoms with Crippen LogP contribution in [0.2, 0.25) is 0 Å². The number of imide groups is 1. The third-order valence-electron chi connectivity index (χ3n) is 5.85. The van der Waals surface area contributed by atoms with Crippen molar-refractivity contribution in [1.29, 1.82) is 0 Å². The minimum atomic E-state index is -0.639. The van der Waals surface area contributed by atoms with Crippen LogP contribution in [0.4, 0.5) is 0 Å². The summed E-state index contributed by atoms with van der Waals surface area (Å²) in [6, 6.07) is -0.639. The molecule has 0 spiro atoms. The molecule has 1 saturated heterocycles. The summed E-state index contributed by atoms with van der Waals surface area (Å²) >= 11 is 0. The van der Waals surface area contributed by atoms with Crippen LogP contribution in [-0.2, 0) is 14.4 Å². The molecule has 0 aromatic rings. The molecule has 5 atom stereocenters. The van der Waals surface area contributed by atoms with Crippen LogP contribution in [0, 0.1) is 23.7 Å². The number of likely N-dealkylation sites (tertiary alicyclic amines) is 1. The number of likely N-dealkylation sites (N-methyl/N-ethyl adjacent to an activating group) is 1. The highest BCUT2D eigenvalue weighted by molar-refractivity contribution is 6.09. The van der Waals surface area contributed by atoms with E-state index in [1.165, 1.54) is 4.90 Å². The van der Waals surface area contributed by atoms with Gasteiger partial charge in [-0.3, -0.25) is 19.3 Å². The molecule has 2 fully saturated rings. The fourth-order valence-corrected chi connectivity index (χ4v) is 4.62. The van der Waals surface area contributed by atoms with E-state index in [-0.39, 0.29) is 41.4 Å². The third kappa shape index (κ3) is 2.32. The van der Waals surface area contributed by atoms with Gasteiger partial charge in [0.25, 0.3) is 0 Å². The third-order valence-corrected chi connectivity index (χ3v) is 5.85. The van der Waals surface area contributed by atoms with Gasteiger partial charge in [0.15, 0.2) is 0 Å². The average molecular weight is 318 g/mol. The Hall–Kier alpha value is -1.65. The van der Waals surface area contributed by atoms with Crippen molar-refractivity contribution in [2.24, 2.45) is 23.7 Å². The zero-order chi connectivity index (χ0) is 16.7. The van der Waals surface area contributed by atoms with Gasteiger partial charge in [-0.25, -0.2) is 0 Å². The van der Waals surface area contributed by atoms with Crippen molar-refractivity contribution < 1.29 is 14.4 Å². The van der Waals surface area contributed by atoms with Crippen LogP contribution in [0.5, 0.6) is 0 Å². The normalized spacial score (nSPS) is 33.1. The Morgan fingerprint density at radius 1 is 1.09 bits per heavy atom. The number of carbonyl (C=O) groups excluding carboxylic acids is 3. The van der Waals surface area contributed by atoms with Crippen molar-refractivity contribution in [3.63, 3.8) is 0 Å². The predicted molar refractivity (Wildman–Crippen MR) is 86.2 cm³/mol. The van der Waals surface area contributed by atoms with Gasteiger partial charge in [-0.15, -0.1) is 0 Å². The van der Waals surface area contributed by atoms with Crippen molar-refractivity contribution in [1.82, 2.24) is 9.80 Å². The summed E-state index contributed by atoms with van der Waals surface area (Å²) in [5, 5.41) is 0. The molecular weight excluding hydrogens is 292 g/mol. The largest absolute Gasteiger partial charge is 0.341 e. The van der Waals surface area contributed by atoms with Crippen molar-refractivity contribution >= 4 is 17.7 Å². The van der Waals surface area contributed by atoms with Crippen LogP contribution < -0.4 is 0 Å². The van der Waals surface area contributed by atoms with Crippen molar-refractivity contribution in [3.8, 4) is 0 Å². The second-order valence-electron chi connectivity index (χ2n) is 6.82. The summed E-state index contributed by atoms with van der Waals surface area (Å²) in [7, 11) is 0. The van der Waals surface area contributed by atoms with Crippen LogP contribution in [-0.4, -0.2) is 46.7 Å². The van der Waals surface area contributed by atoms with Gasteiger partial charge in [-0.1, -0.05) is 19.1 Å². The SMILES string of the molecule is CCC(C(=O)N(CC)CC)N1C(=O)C2C3C=CC(CC3)C2C1=O. The number of hydrogen-bond donors (Lipinski definition) is 0. The number of amides is 3. The molecule has 0 aromatic carbocycles. The van der Waals surface area contributed by atoms with Gasteiger partial charge >= 0.3 is 0 Å². The van der Waals surface area contributed by atoms with E-state index >= 15 is 0 Å². The van der Waals surface area contributed by atoms with E-state index < -0.39 is 6.04 Å². The smallest absolute Gasteiger partial charge is 0.245 e. The van der Waals surface area contributed by atoms with Crippen molar-refractivity contribution in [2.45, 2.75) is 46.1 Å². The lowest BCUT2D eigenvalue weighted by atomic mass is 9.63. The topological polar surface area (TPSA) is 57.7 Å². The molecule has 0 N–H and O–H groups in total. The summed E-state index contributed by atoms with van der Waals surface area (Å²) in [6.45, 7) is 6.92. The molecule has 1 aliphatic heterocycles. The fraction of sp³-hybridized carbons (Fsp3) is 0.722. The van der Waals surface area contributed by atoms with Crippen molar-refractivity contribution in [2.75, 3.05) is 13.1 Å². The zero-order valence-electron chi connectivity index (χ0n) is 14.2. The molecule has 3 aliphatic carbocycles. The summed E-state index contributed by atoms with van der Waals surface area (Å²) in [6.07, 6.45) is 6.66. The molecule has 0 aromatic heterocycles. The van der Waals surface area contributed by atoms with Crippen LogP contribution in [0.25, 0.3) is 0 Å². The maximum absolute atomic E-state index is 12.9. The van der Waals surface area contributed by atoms with Gasteiger partial charge in [-0.05, 0) is 44.9 Å². The first-order chi connectivity index (χ1) is 11.0. The molecule has 1 heterocycles. The lowest BCUT2D eigenvalue weighted by molar-refractivity contribution is -0.151. The number of fused-ring (bicyclic) bond motifs is 1. The molecular formula is C18H26N2O3. The van der Waals surface area contributed by atoms with E-state index in [0.717, 1.165) is 12.8 Å². The van der Waals surface area contributed by atoms with Gasteiger partial charge in [0.1, 0.15) is 6.04 Å². The van der Waals surface area contributed by atoms with E-state index in [4.69, 9.17) is 0 Å². The Bertz CT molecular complexity index is 520. The first-order valence-electron chi connectivity index (χ1n) is 8.89. The standard InChI is InChI=1S/C18H26N2O3/c1-4-13(16(21)19(5-2)6-3)20-17(22)14-11-7-8-12(10-9-11)15(14)18(20)23/h7-8,11-15H,4-6,9-10H2,1-3H3. The maximum atomic E-state index is 12.9. The Kier molecular flexibility index (Phi) is 4.30. The molecule has 4 rings (SSSR count). The first kappa shape index (κ1) is 16.2. The van der Waals surface area contributed by atoms with Gasteiger partial charge in [0, 0.05) is 13.1 Å².